The van der Waals surface area contributed by atoms with Crippen LogP contribution in [-0.4, -0.2) is 44.3 Å². The maximum absolute atomic E-state index is 12.6. The van der Waals surface area contributed by atoms with Crippen molar-refractivity contribution < 1.29 is 33.3 Å². The molecule has 1 saturated carbocycles. The molecule has 0 bridgehead atoms. The zero-order chi connectivity index (χ0) is 22.9. The third-order valence-corrected chi connectivity index (χ3v) is 5.93. The molecule has 0 amide bonds. The summed E-state index contributed by atoms with van der Waals surface area (Å²) in [5.41, 5.74) is -0.507. The Labute approximate surface area is 184 Å². The molecule has 0 radical (unpaired) electrons. The van der Waals surface area contributed by atoms with E-state index < -0.39 is 23.0 Å². The van der Waals surface area contributed by atoms with E-state index in [1.54, 1.807) is 21.0 Å². The van der Waals surface area contributed by atoms with Crippen LogP contribution in [0.2, 0.25) is 0 Å². The summed E-state index contributed by atoms with van der Waals surface area (Å²) < 4.78 is 21.7. The highest BCUT2D eigenvalue weighted by molar-refractivity contribution is 5.78. The van der Waals surface area contributed by atoms with Gasteiger partial charge in [0.25, 0.3) is 0 Å². The number of rotatable bonds is 11. The van der Waals surface area contributed by atoms with Crippen LogP contribution in [0.3, 0.4) is 0 Å². The van der Waals surface area contributed by atoms with E-state index in [4.69, 9.17) is 18.9 Å². The van der Waals surface area contributed by atoms with E-state index >= 15 is 0 Å². The highest BCUT2D eigenvalue weighted by atomic mass is 16.6. The molecule has 1 aromatic carbocycles. The van der Waals surface area contributed by atoms with E-state index in [1.165, 1.54) is 0 Å². The van der Waals surface area contributed by atoms with Crippen molar-refractivity contribution in [2.75, 3.05) is 20.3 Å². The van der Waals surface area contributed by atoms with Crippen molar-refractivity contribution in [3.05, 3.63) is 35.9 Å². The summed E-state index contributed by atoms with van der Waals surface area (Å²) in [6, 6.07) is 9.58. The number of hydrogen-bond acceptors (Lipinski definition) is 7. The molecule has 2 unspecified atom stereocenters. The maximum Gasteiger partial charge on any atom is 0.311 e. The predicted octanol–water partition coefficient (Wildman–Crippen LogP) is 3.93. The van der Waals surface area contributed by atoms with Crippen LogP contribution in [0.5, 0.6) is 0 Å². The Morgan fingerprint density at radius 3 is 2.32 bits per heavy atom. The summed E-state index contributed by atoms with van der Waals surface area (Å²) >= 11 is 0. The number of benzene rings is 1. The average molecular weight is 435 g/mol. The largest absolute Gasteiger partial charge is 0.462 e. The third-order valence-electron chi connectivity index (χ3n) is 5.93. The first-order valence-corrected chi connectivity index (χ1v) is 10.9. The van der Waals surface area contributed by atoms with Gasteiger partial charge in [0.15, 0.2) is 5.60 Å². The molecule has 0 aromatic heterocycles. The Morgan fingerprint density at radius 1 is 1.03 bits per heavy atom. The zero-order valence-electron chi connectivity index (χ0n) is 19.0. The van der Waals surface area contributed by atoms with Crippen LogP contribution in [0.25, 0.3) is 0 Å². The van der Waals surface area contributed by atoms with Crippen LogP contribution in [0.1, 0.15) is 64.9 Å². The van der Waals surface area contributed by atoms with Gasteiger partial charge in [-0.15, -0.1) is 0 Å². The van der Waals surface area contributed by atoms with Gasteiger partial charge in [0, 0.05) is 7.11 Å². The van der Waals surface area contributed by atoms with Crippen molar-refractivity contribution in [1.82, 2.24) is 0 Å². The number of carbonyl (C=O) groups excluding carboxylic acids is 3. The first-order chi connectivity index (χ1) is 14.7. The Balaban J connectivity index is 1.81. The van der Waals surface area contributed by atoms with Crippen LogP contribution in [0, 0.1) is 5.41 Å². The van der Waals surface area contributed by atoms with E-state index in [9.17, 15) is 14.4 Å². The minimum absolute atomic E-state index is 0.00884. The summed E-state index contributed by atoms with van der Waals surface area (Å²) in [5, 5.41) is 0. The highest BCUT2D eigenvalue weighted by Crippen LogP contribution is 2.44. The number of esters is 3. The number of ether oxygens (including phenoxy) is 4. The van der Waals surface area contributed by atoms with Gasteiger partial charge in [0.05, 0.1) is 18.3 Å². The second kappa shape index (κ2) is 11.3. The summed E-state index contributed by atoms with van der Waals surface area (Å²) in [6.07, 6.45) is 2.59. The molecular formula is C24H34O7. The van der Waals surface area contributed by atoms with Gasteiger partial charge in [-0.05, 0) is 45.1 Å². The summed E-state index contributed by atoms with van der Waals surface area (Å²) in [5.74, 6) is -1.34. The van der Waals surface area contributed by atoms with E-state index in [2.05, 4.69) is 0 Å². The quantitative estimate of drug-likeness (QED) is 0.296. The molecule has 7 nitrogen and oxygen atoms in total. The van der Waals surface area contributed by atoms with Crippen molar-refractivity contribution in [1.29, 1.82) is 0 Å². The van der Waals surface area contributed by atoms with Crippen LogP contribution in [0.15, 0.2) is 30.3 Å². The van der Waals surface area contributed by atoms with Gasteiger partial charge in [-0.1, -0.05) is 37.3 Å². The standard InChI is InChI=1S/C24H34O7/c1-5-23(2,3)22(27)30-17-16-29-20(25)13-14-21(26)31-24(15-9-12-19(24)28-4)18-10-7-6-8-11-18/h6-8,10-11,19H,5,9,12-17H2,1-4H3. The fourth-order valence-electron chi connectivity index (χ4n) is 3.64. The average Bonchev–Trinajstić information content (AvgIpc) is 3.19. The van der Waals surface area contributed by atoms with Gasteiger partial charge in [-0.25, -0.2) is 0 Å². The van der Waals surface area contributed by atoms with Crippen molar-refractivity contribution in [3.8, 4) is 0 Å². The van der Waals surface area contributed by atoms with Crippen molar-refractivity contribution in [2.24, 2.45) is 5.41 Å². The molecule has 31 heavy (non-hydrogen) atoms. The molecule has 0 spiro atoms. The number of methoxy groups -OCH3 is 1. The number of carbonyl (C=O) groups is 3. The van der Waals surface area contributed by atoms with E-state index in [0.717, 1.165) is 18.4 Å². The first kappa shape index (κ1) is 24.9. The monoisotopic (exact) mass is 434 g/mol. The van der Waals surface area contributed by atoms with Gasteiger partial charge in [0.2, 0.25) is 0 Å². The molecule has 1 aliphatic carbocycles. The van der Waals surface area contributed by atoms with Crippen LogP contribution < -0.4 is 0 Å². The molecule has 1 aliphatic rings. The molecule has 1 fully saturated rings. The molecule has 2 atom stereocenters. The lowest BCUT2D eigenvalue weighted by Crippen LogP contribution is -2.40. The molecule has 7 heteroatoms. The topological polar surface area (TPSA) is 88.1 Å². The van der Waals surface area contributed by atoms with Crippen LogP contribution in [0.4, 0.5) is 0 Å². The van der Waals surface area contributed by atoms with Crippen LogP contribution >= 0.6 is 0 Å². The Morgan fingerprint density at radius 2 is 1.68 bits per heavy atom. The van der Waals surface area contributed by atoms with Gasteiger partial charge in [-0.2, -0.15) is 0 Å². The molecule has 2 rings (SSSR count). The molecule has 0 saturated heterocycles. The van der Waals surface area contributed by atoms with Gasteiger partial charge >= 0.3 is 17.9 Å². The molecular weight excluding hydrogens is 400 g/mol. The lowest BCUT2D eigenvalue weighted by atomic mass is 9.89. The third kappa shape index (κ3) is 6.53. The lowest BCUT2D eigenvalue weighted by Gasteiger charge is -2.34. The number of hydrogen-bond donors (Lipinski definition) is 0. The Hall–Kier alpha value is -2.41. The van der Waals surface area contributed by atoms with Gasteiger partial charge in [0.1, 0.15) is 19.3 Å². The Bertz CT molecular complexity index is 744. The maximum atomic E-state index is 12.6. The summed E-state index contributed by atoms with van der Waals surface area (Å²) in [6.45, 7) is 5.45. The van der Waals surface area contributed by atoms with E-state index in [0.29, 0.717) is 12.8 Å². The molecule has 0 aliphatic heterocycles. The SMILES string of the molecule is CCC(C)(C)C(=O)OCCOC(=O)CCC(=O)OC1(c2ccccc2)CCCC1OC. The van der Waals surface area contributed by atoms with Gasteiger partial charge in [-0.3, -0.25) is 14.4 Å². The van der Waals surface area contributed by atoms with Crippen LogP contribution in [-0.2, 0) is 38.9 Å². The van der Waals surface area contributed by atoms with Crippen molar-refractivity contribution in [2.45, 2.75) is 71.0 Å². The molecule has 0 heterocycles. The summed E-state index contributed by atoms with van der Waals surface area (Å²) in [4.78, 5) is 36.4. The Kier molecular flexibility index (Phi) is 9.04. The minimum atomic E-state index is -0.836. The molecule has 1 aromatic rings. The molecule has 0 N–H and O–H groups in total. The smallest absolute Gasteiger partial charge is 0.311 e. The minimum Gasteiger partial charge on any atom is -0.462 e. The predicted molar refractivity (Wildman–Crippen MR) is 114 cm³/mol. The van der Waals surface area contributed by atoms with Crippen molar-refractivity contribution in [3.63, 3.8) is 0 Å². The molecule has 172 valence electrons. The van der Waals surface area contributed by atoms with E-state index in [-0.39, 0.29) is 38.1 Å². The fourth-order valence-corrected chi connectivity index (χ4v) is 3.64. The fraction of sp³-hybridized carbons (Fsp3) is 0.625. The zero-order valence-corrected chi connectivity index (χ0v) is 19.0. The first-order valence-electron chi connectivity index (χ1n) is 10.9. The normalized spacial score (nSPS) is 20.8. The van der Waals surface area contributed by atoms with Gasteiger partial charge < -0.3 is 18.9 Å². The second-order valence-corrected chi connectivity index (χ2v) is 8.44. The lowest BCUT2D eigenvalue weighted by molar-refractivity contribution is -0.176. The highest BCUT2D eigenvalue weighted by Gasteiger charge is 2.48. The van der Waals surface area contributed by atoms with E-state index in [1.807, 2.05) is 37.3 Å². The second-order valence-electron chi connectivity index (χ2n) is 8.44. The van der Waals surface area contributed by atoms with Crippen molar-refractivity contribution >= 4 is 17.9 Å². The summed E-state index contributed by atoms with van der Waals surface area (Å²) in [7, 11) is 1.62.